The molecule has 0 aliphatic carbocycles. The Balaban J connectivity index is 1.05. The monoisotopic (exact) mass is 908 g/mol. The molecule has 330 valence electrons. The van der Waals surface area contributed by atoms with E-state index in [4.69, 9.17) is 23.2 Å². The highest BCUT2D eigenvalue weighted by Gasteiger charge is 2.27. The molecule has 10 aromatic carbocycles. The van der Waals surface area contributed by atoms with Crippen LogP contribution in [-0.4, -0.2) is 19.1 Å². The van der Waals surface area contributed by atoms with Crippen molar-refractivity contribution in [2.45, 2.75) is 0 Å². The molecule has 0 saturated carbocycles. The second kappa shape index (κ2) is 14.4. The van der Waals surface area contributed by atoms with Crippen LogP contribution in [0.5, 0.6) is 0 Å². The zero-order chi connectivity index (χ0) is 46.3. The molecule has 7 nitrogen and oxygen atoms in total. The third kappa shape index (κ3) is 5.42. The van der Waals surface area contributed by atoms with E-state index in [0.717, 1.165) is 133 Å². The highest BCUT2D eigenvalue weighted by molar-refractivity contribution is 6.22. The molecule has 16 aromatic rings. The summed E-state index contributed by atoms with van der Waals surface area (Å²) in [5.41, 5.74) is 15.7. The normalized spacial score (nSPS) is 12.2. The molecule has 0 N–H and O–H groups in total. The minimum absolute atomic E-state index is 0.579. The van der Waals surface area contributed by atoms with Gasteiger partial charge in [-0.2, -0.15) is 0 Å². The fourth-order valence-corrected chi connectivity index (χ4v) is 11.5. The Morgan fingerprint density at radius 3 is 1.59 bits per heavy atom. The summed E-state index contributed by atoms with van der Waals surface area (Å²) in [6.45, 7) is 0. The zero-order valence-electron chi connectivity index (χ0n) is 37.8. The predicted molar refractivity (Wildman–Crippen MR) is 289 cm³/mol. The zero-order valence-corrected chi connectivity index (χ0v) is 37.8. The molecule has 7 heteroatoms. The second-order valence-electron chi connectivity index (χ2n) is 18.4. The number of aromatic nitrogens is 4. The number of para-hydroxylation sites is 6. The summed E-state index contributed by atoms with van der Waals surface area (Å²) in [5.74, 6) is 0.579. The van der Waals surface area contributed by atoms with Gasteiger partial charge in [0.25, 0.3) is 0 Å². The van der Waals surface area contributed by atoms with Crippen molar-refractivity contribution in [1.29, 1.82) is 0 Å². The average Bonchev–Trinajstić information content (AvgIpc) is 4.25. The Hall–Kier alpha value is -9.72. The van der Waals surface area contributed by atoms with Crippen molar-refractivity contribution in [3.05, 3.63) is 218 Å². The smallest absolute Gasteiger partial charge is 0.162 e. The highest BCUT2D eigenvalue weighted by Crippen LogP contribution is 2.47. The number of hydrogen-bond donors (Lipinski definition) is 0. The Labute approximate surface area is 403 Å². The molecule has 0 unspecified atom stereocenters. The summed E-state index contributed by atoms with van der Waals surface area (Å²) in [7, 11) is 0. The van der Waals surface area contributed by atoms with Crippen LogP contribution >= 0.6 is 0 Å². The highest BCUT2D eigenvalue weighted by atomic mass is 16.3. The lowest BCUT2D eigenvalue weighted by Gasteiger charge is -2.12. The Morgan fingerprint density at radius 1 is 0.324 bits per heavy atom. The molecule has 16 rings (SSSR count). The van der Waals surface area contributed by atoms with Crippen molar-refractivity contribution in [3.8, 4) is 45.1 Å². The largest absolute Gasteiger partial charge is 0.456 e. The summed E-state index contributed by atoms with van der Waals surface area (Å²) in [5, 5.41) is 10.4. The molecule has 0 radical (unpaired) electrons. The van der Waals surface area contributed by atoms with E-state index >= 15 is 0 Å². The molecule has 6 aromatic heterocycles. The maximum atomic E-state index is 6.84. The van der Waals surface area contributed by atoms with Crippen LogP contribution in [0.15, 0.2) is 232 Å². The minimum atomic E-state index is 0.579. The van der Waals surface area contributed by atoms with E-state index in [1.807, 2.05) is 54.6 Å². The van der Waals surface area contributed by atoms with Crippen LogP contribution in [0.3, 0.4) is 0 Å². The minimum Gasteiger partial charge on any atom is -0.456 e. The Kier molecular flexibility index (Phi) is 7.76. The number of nitrogens with zero attached hydrogens (tertiary/aromatic N) is 4. The van der Waals surface area contributed by atoms with Crippen LogP contribution in [0.2, 0.25) is 0 Å². The molecule has 6 heterocycles. The van der Waals surface area contributed by atoms with Gasteiger partial charge in [-0.05, 0) is 90.0 Å². The summed E-state index contributed by atoms with van der Waals surface area (Å²) >= 11 is 0. The van der Waals surface area contributed by atoms with Gasteiger partial charge in [0, 0.05) is 65.3 Å². The van der Waals surface area contributed by atoms with Crippen LogP contribution in [-0.2, 0) is 0 Å². The molecule has 0 aliphatic rings. The fourth-order valence-electron chi connectivity index (χ4n) is 11.5. The molecule has 0 spiro atoms. The summed E-state index contributed by atoms with van der Waals surface area (Å²) < 4.78 is 24.5. The SMILES string of the molecule is c1ccc(-n2c3ccccc3c3cc(-c4ccc5c(c4)c4c(-c6cccc7oc8ccccc8c67)nc(-c6cccc7oc8ccccc8c67)nc4n5-c4cccc5c4oc4ccccc45)ccc32)cc1. The van der Waals surface area contributed by atoms with Crippen molar-refractivity contribution in [1.82, 2.24) is 19.1 Å². The van der Waals surface area contributed by atoms with E-state index in [9.17, 15) is 0 Å². The van der Waals surface area contributed by atoms with Crippen molar-refractivity contribution in [2.75, 3.05) is 0 Å². The third-order valence-corrected chi connectivity index (χ3v) is 14.6. The maximum absolute atomic E-state index is 6.84. The number of furan rings is 3. The van der Waals surface area contributed by atoms with Gasteiger partial charge in [0.05, 0.1) is 33.3 Å². The van der Waals surface area contributed by atoms with Crippen LogP contribution in [0, 0.1) is 0 Å². The van der Waals surface area contributed by atoms with E-state index < -0.39 is 0 Å². The standard InChI is InChI=1S/C64H36N4O3/c1-2-15-39(16-3-1)67-49-24-8-4-17-40(49)47-35-37(31-33-50(47)67)38-32-34-51-48(36-38)60-61(45-22-13-29-56-58(45)43-19-6-10-27-54(43)69-56)65-63(46-23-14-30-57-59(46)44-20-7-11-28-55(44)70-57)66-64(60)68(51)52-25-12-21-42-41-18-5-9-26-53(41)71-62(42)52/h1-36H. The molecule has 0 saturated heterocycles. The second-order valence-corrected chi connectivity index (χ2v) is 18.4. The molecular weight excluding hydrogens is 873 g/mol. The Bertz CT molecular complexity index is 4890. The van der Waals surface area contributed by atoms with Crippen LogP contribution < -0.4 is 0 Å². The third-order valence-electron chi connectivity index (χ3n) is 14.6. The van der Waals surface area contributed by atoms with Gasteiger partial charge in [0.15, 0.2) is 11.4 Å². The topological polar surface area (TPSA) is 75.1 Å². The number of hydrogen-bond acceptors (Lipinski definition) is 5. The molecule has 0 fully saturated rings. The molecule has 0 amide bonds. The molecule has 0 bridgehead atoms. The van der Waals surface area contributed by atoms with Gasteiger partial charge >= 0.3 is 0 Å². The summed E-state index contributed by atoms with van der Waals surface area (Å²) in [6.07, 6.45) is 0. The molecular formula is C64H36N4O3. The van der Waals surface area contributed by atoms with Crippen molar-refractivity contribution in [3.63, 3.8) is 0 Å². The van der Waals surface area contributed by atoms with E-state index in [-0.39, 0.29) is 0 Å². The van der Waals surface area contributed by atoms with Gasteiger partial charge in [-0.15, -0.1) is 0 Å². The van der Waals surface area contributed by atoms with E-state index in [0.29, 0.717) is 5.82 Å². The van der Waals surface area contributed by atoms with E-state index in [1.165, 1.54) is 16.3 Å². The first-order valence-corrected chi connectivity index (χ1v) is 23.9. The lowest BCUT2D eigenvalue weighted by Crippen LogP contribution is -2.00. The first-order valence-electron chi connectivity index (χ1n) is 23.9. The van der Waals surface area contributed by atoms with Crippen LogP contribution in [0.4, 0.5) is 0 Å². The molecule has 0 atom stereocenters. The summed E-state index contributed by atoms with van der Waals surface area (Å²) in [4.78, 5) is 11.5. The van der Waals surface area contributed by atoms with E-state index in [1.54, 1.807) is 0 Å². The van der Waals surface area contributed by atoms with Gasteiger partial charge in [-0.25, -0.2) is 9.97 Å². The number of fused-ring (bicyclic) bond motifs is 15. The lowest BCUT2D eigenvalue weighted by atomic mass is 9.97. The number of rotatable bonds is 5. The molecule has 0 aliphatic heterocycles. The first kappa shape index (κ1) is 38.3. The van der Waals surface area contributed by atoms with Gasteiger partial charge in [-0.1, -0.05) is 140 Å². The lowest BCUT2D eigenvalue weighted by molar-refractivity contribution is 0.666. The molecule has 71 heavy (non-hydrogen) atoms. The quantitative estimate of drug-likeness (QED) is 0.172. The predicted octanol–water partition coefficient (Wildman–Crippen LogP) is 17.4. The average molecular weight is 909 g/mol. The fraction of sp³-hybridized carbons (Fsp3) is 0. The van der Waals surface area contributed by atoms with Crippen molar-refractivity contribution >= 4 is 110 Å². The maximum Gasteiger partial charge on any atom is 0.162 e. The van der Waals surface area contributed by atoms with Gasteiger partial charge in [0.1, 0.15) is 33.6 Å². The van der Waals surface area contributed by atoms with Gasteiger partial charge in [0.2, 0.25) is 0 Å². The van der Waals surface area contributed by atoms with Gasteiger partial charge < -0.3 is 17.8 Å². The summed E-state index contributed by atoms with van der Waals surface area (Å²) in [6, 6.07) is 76.5. The number of benzene rings is 10. The van der Waals surface area contributed by atoms with Crippen LogP contribution in [0.1, 0.15) is 0 Å². The van der Waals surface area contributed by atoms with Crippen molar-refractivity contribution < 1.29 is 13.3 Å². The van der Waals surface area contributed by atoms with E-state index in [2.05, 4.69) is 173 Å². The van der Waals surface area contributed by atoms with Crippen molar-refractivity contribution in [2.24, 2.45) is 0 Å². The first-order chi connectivity index (χ1) is 35.2. The van der Waals surface area contributed by atoms with Crippen LogP contribution in [0.25, 0.3) is 155 Å². The van der Waals surface area contributed by atoms with Gasteiger partial charge in [-0.3, -0.25) is 4.57 Å². The Morgan fingerprint density at radius 2 is 0.859 bits per heavy atom.